The highest BCUT2D eigenvalue weighted by atomic mass is 32.2. The van der Waals surface area contributed by atoms with Gasteiger partial charge in [0.15, 0.2) is 0 Å². The Bertz CT molecular complexity index is 611. The van der Waals surface area contributed by atoms with Crippen LogP contribution < -0.4 is 0 Å². The summed E-state index contributed by atoms with van der Waals surface area (Å²) in [6.07, 6.45) is 1.44. The van der Waals surface area contributed by atoms with Gasteiger partial charge >= 0.3 is 0 Å². The normalized spacial score (nSPS) is 33.8. The van der Waals surface area contributed by atoms with E-state index in [4.69, 9.17) is 0 Å². The Morgan fingerprint density at radius 1 is 1.26 bits per heavy atom. The molecule has 2 saturated carbocycles. The van der Waals surface area contributed by atoms with Crippen LogP contribution in [-0.4, -0.2) is 19.1 Å². The molecule has 1 N–H and O–H groups in total. The first kappa shape index (κ1) is 13.1. The summed E-state index contributed by atoms with van der Waals surface area (Å²) in [5, 5.41) is 0. The van der Waals surface area contributed by atoms with Crippen molar-refractivity contribution in [1.29, 1.82) is 0 Å². The van der Waals surface area contributed by atoms with Crippen molar-refractivity contribution < 1.29 is 17.4 Å². The van der Waals surface area contributed by atoms with E-state index in [9.17, 15) is 17.4 Å². The summed E-state index contributed by atoms with van der Waals surface area (Å²) in [5.41, 5.74) is 1.53. The van der Waals surface area contributed by atoms with Crippen LogP contribution >= 0.6 is 0 Å². The van der Waals surface area contributed by atoms with Gasteiger partial charge in [-0.05, 0) is 55.6 Å². The molecule has 3 nitrogen and oxygen atoms in total. The van der Waals surface area contributed by atoms with Crippen molar-refractivity contribution >= 4 is 10.1 Å². The lowest BCUT2D eigenvalue weighted by Crippen LogP contribution is -2.21. The van der Waals surface area contributed by atoms with Gasteiger partial charge in [-0.2, -0.15) is 8.42 Å². The zero-order valence-electron chi connectivity index (χ0n) is 10.7. The molecule has 1 aromatic rings. The fraction of sp³-hybridized carbons (Fsp3) is 0.571. The largest absolute Gasteiger partial charge is 0.294 e. The van der Waals surface area contributed by atoms with Gasteiger partial charge in [-0.3, -0.25) is 4.55 Å². The highest BCUT2D eigenvalue weighted by Crippen LogP contribution is 2.55. The molecule has 0 heterocycles. The minimum absolute atomic E-state index is 0.0529. The average molecular weight is 284 g/mol. The molecule has 3 rings (SSSR count). The van der Waals surface area contributed by atoms with E-state index < -0.39 is 16.3 Å². The van der Waals surface area contributed by atoms with Gasteiger partial charge in [-0.25, -0.2) is 4.39 Å². The van der Waals surface area contributed by atoms with Gasteiger partial charge in [-0.1, -0.05) is 17.7 Å². The Balaban J connectivity index is 2.08. The van der Waals surface area contributed by atoms with Crippen LogP contribution in [0.5, 0.6) is 0 Å². The first-order valence-electron chi connectivity index (χ1n) is 6.58. The second-order valence-electron chi connectivity index (χ2n) is 5.88. The number of rotatable bonds is 2. The number of fused-ring (bicyclic) bond motifs is 2. The predicted molar refractivity (Wildman–Crippen MR) is 69.5 cm³/mol. The van der Waals surface area contributed by atoms with Crippen molar-refractivity contribution in [3.8, 4) is 0 Å². The zero-order chi connectivity index (χ0) is 13.8. The van der Waals surface area contributed by atoms with Crippen LogP contribution in [0.4, 0.5) is 4.39 Å². The summed E-state index contributed by atoms with van der Waals surface area (Å²) < 4.78 is 46.1. The maximum atomic E-state index is 13.9. The number of hydrogen-bond donors (Lipinski definition) is 1. The fourth-order valence-electron chi connectivity index (χ4n) is 3.81. The van der Waals surface area contributed by atoms with Crippen LogP contribution in [0.2, 0.25) is 0 Å². The molecule has 0 saturated heterocycles. The second kappa shape index (κ2) is 4.28. The molecule has 19 heavy (non-hydrogen) atoms. The highest BCUT2D eigenvalue weighted by molar-refractivity contribution is 7.85. The van der Waals surface area contributed by atoms with Crippen LogP contribution in [0.25, 0.3) is 0 Å². The summed E-state index contributed by atoms with van der Waals surface area (Å²) in [7, 11) is -4.24. The topological polar surface area (TPSA) is 54.4 Å². The smallest absolute Gasteiger partial charge is 0.282 e. The maximum absolute atomic E-state index is 13.9. The molecule has 2 fully saturated rings. The van der Waals surface area contributed by atoms with Gasteiger partial charge in [0, 0.05) is 0 Å². The zero-order valence-corrected chi connectivity index (χ0v) is 11.5. The number of halogens is 1. The summed E-state index contributed by atoms with van der Waals surface area (Å²) in [5.74, 6) is 0.192. The molecular weight excluding hydrogens is 267 g/mol. The molecule has 0 spiro atoms. The van der Waals surface area contributed by atoms with Crippen molar-refractivity contribution in [3.63, 3.8) is 0 Å². The molecule has 0 unspecified atom stereocenters. The molecule has 1 aromatic carbocycles. The van der Waals surface area contributed by atoms with E-state index in [1.54, 1.807) is 12.1 Å². The third-order valence-corrected chi connectivity index (χ3v) is 5.50. The highest BCUT2D eigenvalue weighted by Gasteiger charge is 2.48. The van der Waals surface area contributed by atoms with Gasteiger partial charge in [0.1, 0.15) is 6.17 Å². The van der Waals surface area contributed by atoms with E-state index in [1.807, 2.05) is 6.92 Å². The Hall–Kier alpha value is -0.940. The number of aryl methyl sites for hydroxylation is 1. The van der Waals surface area contributed by atoms with E-state index in [1.165, 1.54) is 6.07 Å². The summed E-state index contributed by atoms with van der Waals surface area (Å²) in [6.45, 7) is 1.87. The lowest BCUT2D eigenvalue weighted by Gasteiger charge is -2.26. The SMILES string of the molecule is Cc1ccc(S(=O)(=O)O)c([C@@H]2C[C@@H]3C[C@@H]2[C@H](F)C3)c1. The monoisotopic (exact) mass is 284 g/mol. The Morgan fingerprint density at radius 2 is 2.00 bits per heavy atom. The lowest BCUT2D eigenvalue weighted by atomic mass is 9.82. The van der Waals surface area contributed by atoms with Crippen molar-refractivity contribution in [3.05, 3.63) is 29.3 Å². The van der Waals surface area contributed by atoms with Crippen molar-refractivity contribution in [2.75, 3.05) is 0 Å². The Kier molecular flexibility index (Phi) is 2.94. The van der Waals surface area contributed by atoms with Crippen LogP contribution in [0.3, 0.4) is 0 Å². The molecule has 2 aliphatic rings. The quantitative estimate of drug-likeness (QED) is 0.849. The van der Waals surface area contributed by atoms with E-state index in [0.29, 0.717) is 17.9 Å². The van der Waals surface area contributed by atoms with Gasteiger partial charge in [0.05, 0.1) is 4.90 Å². The molecule has 0 aromatic heterocycles. The van der Waals surface area contributed by atoms with Crippen LogP contribution in [0, 0.1) is 18.8 Å². The molecular formula is C14H17FO3S. The van der Waals surface area contributed by atoms with Crippen LogP contribution in [0.1, 0.15) is 36.3 Å². The van der Waals surface area contributed by atoms with E-state index >= 15 is 0 Å². The second-order valence-corrected chi connectivity index (χ2v) is 7.27. The molecule has 2 aliphatic carbocycles. The standard InChI is InChI=1S/C14H17FO3S/c1-8-2-3-14(19(16,17)18)12(4-8)10-5-9-6-11(10)13(15)7-9/h2-4,9-11,13H,5-7H2,1H3,(H,16,17,18)/t9-,10-,11+,13-/m1/s1. The first-order chi connectivity index (χ1) is 8.86. The first-order valence-corrected chi connectivity index (χ1v) is 8.02. The number of hydrogen-bond acceptors (Lipinski definition) is 2. The van der Waals surface area contributed by atoms with E-state index in [0.717, 1.165) is 18.4 Å². The van der Waals surface area contributed by atoms with Crippen molar-refractivity contribution in [2.45, 2.75) is 43.2 Å². The lowest BCUT2D eigenvalue weighted by molar-refractivity contribution is 0.208. The number of benzene rings is 1. The third kappa shape index (κ3) is 2.19. The third-order valence-electron chi connectivity index (χ3n) is 4.58. The summed E-state index contributed by atoms with van der Waals surface area (Å²) >= 11 is 0. The molecule has 5 heteroatoms. The van der Waals surface area contributed by atoms with Gasteiger partial charge in [-0.15, -0.1) is 0 Å². The molecule has 2 bridgehead atoms. The van der Waals surface area contributed by atoms with Crippen LogP contribution in [0.15, 0.2) is 23.1 Å². The molecule has 0 radical (unpaired) electrons. The average Bonchev–Trinajstić information content (AvgIpc) is 2.85. The van der Waals surface area contributed by atoms with Gasteiger partial charge < -0.3 is 0 Å². The maximum Gasteiger partial charge on any atom is 0.294 e. The van der Waals surface area contributed by atoms with Crippen molar-refractivity contribution in [2.24, 2.45) is 11.8 Å². The summed E-state index contributed by atoms with van der Waals surface area (Å²) in [6, 6.07) is 4.87. The van der Waals surface area contributed by atoms with Gasteiger partial charge in [0.25, 0.3) is 10.1 Å². The van der Waals surface area contributed by atoms with Gasteiger partial charge in [0.2, 0.25) is 0 Å². The number of alkyl halides is 1. The fourth-order valence-corrected chi connectivity index (χ4v) is 4.56. The summed E-state index contributed by atoms with van der Waals surface area (Å²) in [4.78, 5) is -0.0529. The van der Waals surface area contributed by atoms with E-state index in [-0.39, 0.29) is 16.7 Å². The molecule has 0 amide bonds. The minimum atomic E-state index is -4.24. The van der Waals surface area contributed by atoms with Crippen molar-refractivity contribution in [1.82, 2.24) is 0 Å². The molecule has 0 aliphatic heterocycles. The Morgan fingerprint density at radius 3 is 2.58 bits per heavy atom. The van der Waals surface area contributed by atoms with E-state index in [2.05, 4.69) is 0 Å². The predicted octanol–water partition coefficient (Wildman–Crippen LogP) is 3.09. The molecule has 104 valence electrons. The van der Waals surface area contributed by atoms with Crippen LogP contribution in [-0.2, 0) is 10.1 Å². The molecule has 4 atom stereocenters. The minimum Gasteiger partial charge on any atom is -0.282 e. The Labute approximate surface area is 112 Å².